The normalized spacial score (nSPS) is 27.0. The molecule has 2 saturated heterocycles. The van der Waals surface area contributed by atoms with E-state index in [1.807, 2.05) is 11.9 Å². The molecule has 0 aliphatic carbocycles. The predicted octanol–water partition coefficient (Wildman–Crippen LogP) is 1.48. The highest BCUT2D eigenvalue weighted by atomic mass is 35.5. The van der Waals surface area contributed by atoms with Gasteiger partial charge in [-0.1, -0.05) is 29.3 Å². The fourth-order valence-corrected chi connectivity index (χ4v) is 5.98. The molecule has 0 unspecified atom stereocenters. The lowest BCUT2D eigenvalue weighted by molar-refractivity contribution is -0.135. The zero-order valence-corrected chi connectivity index (χ0v) is 15.0. The molecule has 8 heteroatoms. The average Bonchev–Trinajstić information content (AvgIpc) is 2.79. The summed E-state index contributed by atoms with van der Waals surface area (Å²) in [6.07, 6.45) is 0.0888. The lowest BCUT2D eigenvalue weighted by Gasteiger charge is -2.42. The lowest BCUT2D eigenvalue weighted by Crippen LogP contribution is -2.59. The summed E-state index contributed by atoms with van der Waals surface area (Å²) in [5.74, 6) is 0.0228. The zero-order chi connectivity index (χ0) is 16.8. The number of nitrogens with zero attached hydrogens (tertiary/aromatic N) is 2. The zero-order valence-electron chi connectivity index (χ0n) is 12.7. The second-order valence-electron chi connectivity index (χ2n) is 6.16. The number of carbonyl (C=O) groups excluding carboxylic acids is 1. The molecule has 1 aromatic carbocycles. The van der Waals surface area contributed by atoms with Gasteiger partial charge in [0.15, 0.2) is 9.84 Å². The molecule has 3 rings (SSSR count). The van der Waals surface area contributed by atoms with Crippen molar-refractivity contribution in [2.75, 3.05) is 31.6 Å². The number of piperazine rings is 1. The highest BCUT2D eigenvalue weighted by Crippen LogP contribution is 2.29. The SMILES string of the molecule is CN1CCN(C(=O)Cc2c(Cl)cccc2Cl)[C@H]2CS(=O)(=O)C[C@H]21. The van der Waals surface area contributed by atoms with Crippen molar-refractivity contribution in [2.24, 2.45) is 0 Å². The first-order valence-electron chi connectivity index (χ1n) is 7.41. The third kappa shape index (κ3) is 3.36. The number of benzene rings is 1. The van der Waals surface area contributed by atoms with E-state index >= 15 is 0 Å². The Morgan fingerprint density at radius 3 is 2.43 bits per heavy atom. The summed E-state index contributed by atoms with van der Waals surface area (Å²) in [5, 5.41) is 0.908. The fraction of sp³-hybridized carbons (Fsp3) is 0.533. The van der Waals surface area contributed by atoms with Crippen LogP contribution < -0.4 is 0 Å². The Hall–Kier alpha value is -0.820. The van der Waals surface area contributed by atoms with E-state index in [1.54, 1.807) is 23.1 Å². The lowest BCUT2D eigenvalue weighted by atomic mass is 10.0. The predicted molar refractivity (Wildman–Crippen MR) is 90.7 cm³/mol. The fourth-order valence-electron chi connectivity index (χ4n) is 3.39. The highest BCUT2D eigenvalue weighted by molar-refractivity contribution is 7.91. The molecule has 126 valence electrons. The largest absolute Gasteiger partial charge is 0.336 e. The van der Waals surface area contributed by atoms with Gasteiger partial charge in [0.25, 0.3) is 0 Å². The average molecular weight is 377 g/mol. The van der Waals surface area contributed by atoms with Crippen LogP contribution in [0.2, 0.25) is 10.0 Å². The maximum atomic E-state index is 12.7. The van der Waals surface area contributed by atoms with Gasteiger partial charge in [-0.15, -0.1) is 0 Å². The maximum absolute atomic E-state index is 12.7. The number of fused-ring (bicyclic) bond motifs is 1. The van der Waals surface area contributed by atoms with Crippen molar-refractivity contribution in [3.05, 3.63) is 33.8 Å². The van der Waals surface area contributed by atoms with Crippen LogP contribution in [0.15, 0.2) is 18.2 Å². The minimum atomic E-state index is -3.11. The van der Waals surface area contributed by atoms with Gasteiger partial charge in [0.05, 0.1) is 24.0 Å². The summed E-state index contributed by atoms with van der Waals surface area (Å²) >= 11 is 12.3. The monoisotopic (exact) mass is 376 g/mol. The molecule has 0 bridgehead atoms. The molecule has 1 amide bonds. The van der Waals surface area contributed by atoms with E-state index in [-0.39, 0.29) is 35.9 Å². The summed E-state index contributed by atoms with van der Waals surface area (Å²) < 4.78 is 23.9. The number of rotatable bonds is 2. The second-order valence-corrected chi connectivity index (χ2v) is 9.12. The quantitative estimate of drug-likeness (QED) is 0.784. The summed E-state index contributed by atoms with van der Waals surface area (Å²) in [7, 11) is -1.20. The molecule has 23 heavy (non-hydrogen) atoms. The molecule has 1 aromatic rings. The van der Waals surface area contributed by atoms with E-state index in [1.165, 1.54) is 0 Å². The van der Waals surface area contributed by atoms with Crippen molar-refractivity contribution in [1.29, 1.82) is 0 Å². The minimum absolute atomic E-state index is 0.0317. The molecule has 2 atom stereocenters. The molecular formula is C15H18Cl2N2O3S. The third-order valence-electron chi connectivity index (χ3n) is 4.66. The van der Waals surface area contributed by atoms with Gasteiger partial charge in [0, 0.05) is 29.2 Å². The molecule has 0 aromatic heterocycles. The van der Waals surface area contributed by atoms with Gasteiger partial charge in [0.2, 0.25) is 5.91 Å². The van der Waals surface area contributed by atoms with Gasteiger partial charge in [-0.05, 0) is 24.7 Å². The van der Waals surface area contributed by atoms with E-state index in [0.29, 0.717) is 28.7 Å². The molecule has 5 nitrogen and oxygen atoms in total. The number of likely N-dealkylation sites (N-methyl/N-ethyl adjacent to an activating group) is 1. The smallest absolute Gasteiger partial charge is 0.227 e. The molecule has 0 spiro atoms. The maximum Gasteiger partial charge on any atom is 0.227 e. The van der Waals surface area contributed by atoms with Crippen molar-refractivity contribution in [2.45, 2.75) is 18.5 Å². The Morgan fingerprint density at radius 2 is 1.78 bits per heavy atom. The van der Waals surface area contributed by atoms with Gasteiger partial charge in [-0.25, -0.2) is 8.42 Å². The van der Waals surface area contributed by atoms with Crippen molar-refractivity contribution in [3.63, 3.8) is 0 Å². The molecular weight excluding hydrogens is 359 g/mol. The van der Waals surface area contributed by atoms with Crippen LogP contribution in [0.3, 0.4) is 0 Å². The Labute approximate surface area is 146 Å². The van der Waals surface area contributed by atoms with Crippen LogP contribution in [0, 0.1) is 0 Å². The number of sulfone groups is 1. The van der Waals surface area contributed by atoms with Crippen LogP contribution in [-0.4, -0.2) is 67.9 Å². The first-order valence-corrected chi connectivity index (χ1v) is 9.99. The van der Waals surface area contributed by atoms with Gasteiger partial charge < -0.3 is 4.90 Å². The summed E-state index contributed by atoms with van der Waals surface area (Å²) in [5.41, 5.74) is 0.595. The molecule has 0 N–H and O–H groups in total. The molecule has 0 saturated carbocycles. The molecule has 2 aliphatic rings. The molecule has 2 fully saturated rings. The van der Waals surface area contributed by atoms with Crippen molar-refractivity contribution < 1.29 is 13.2 Å². The number of carbonyl (C=O) groups is 1. The van der Waals surface area contributed by atoms with E-state index in [2.05, 4.69) is 0 Å². The molecule has 0 radical (unpaired) electrons. The minimum Gasteiger partial charge on any atom is -0.336 e. The van der Waals surface area contributed by atoms with E-state index in [9.17, 15) is 13.2 Å². The highest BCUT2D eigenvalue weighted by Gasteiger charge is 2.46. The van der Waals surface area contributed by atoms with Crippen LogP contribution in [0.5, 0.6) is 0 Å². The first kappa shape index (κ1) is 17.0. The first-order chi connectivity index (χ1) is 10.8. The van der Waals surface area contributed by atoms with Crippen LogP contribution >= 0.6 is 23.2 Å². The standard InChI is InChI=1S/C15H18Cl2N2O3S/c1-18-5-6-19(14-9-23(21,22)8-13(14)18)15(20)7-10-11(16)3-2-4-12(10)17/h2-4,13-14H,5-9H2,1H3/t13-,14+/m1/s1. The Morgan fingerprint density at radius 1 is 1.17 bits per heavy atom. The van der Waals surface area contributed by atoms with Crippen LogP contribution in [0.25, 0.3) is 0 Å². The topological polar surface area (TPSA) is 57.7 Å². The third-order valence-corrected chi connectivity index (χ3v) is 7.07. The molecule has 2 heterocycles. The van der Waals surface area contributed by atoms with Gasteiger partial charge in [-0.3, -0.25) is 9.69 Å². The van der Waals surface area contributed by atoms with E-state index in [0.717, 1.165) is 0 Å². The molecule has 2 aliphatic heterocycles. The van der Waals surface area contributed by atoms with Crippen LogP contribution in [-0.2, 0) is 21.1 Å². The Kier molecular flexibility index (Phi) is 4.62. The van der Waals surface area contributed by atoms with Gasteiger partial charge >= 0.3 is 0 Å². The number of hydrogen-bond donors (Lipinski definition) is 0. The van der Waals surface area contributed by atoms with Crippen LogP contribution in [0.4, 0.5) is 0 Å². The second kappa shape index (κ2) is 6.24. The number of hydrogen-bond acceptors (Lipinski definition) is 4. The van der Waals surface area contributed by atoms with Crippen LogP contribution in [0.1, 0.15) is 5.56 Å². The van der Waals surface area contributed by atoms with Gasteiger partial charge in [-0.2, -0.15) is 0 Å². The van der Waals surface area contributed by atoms with Gasteiger partial charge in [0.1, 0.15) is 0 Å². The van der Waals surface area contributed by atoms with E-state index < -0.39 is 9.84 Å². The summed E-state index contributed by atoms with van der Waals surface area (Å²) in [6.45, 7) is 1.19. The van der Waals surface area contributed by atoms with E-state index in [4.69, 9.17) is 23.2 Å². The van der Waals surface area contributed by atoms with Crippen molar-refractivity contribution in [3.8, 4) is 0 Å². The van der Waals surface area contributed by atoms with Crippen molar-refractivity contribution >= 4 is 38.9 Å². The van der Waals surface area contributed by atoms with Crippen molar-refractivity contribution in [1.82, 2.24) is 9.80 Å². The summed E-state index contributed by atoms with van der Waals surface area (Å²) in [4.78, 5) is 16.4. The Bertz CT molecular complexity index is 718. The number of amides is 1. The Balaban J connectivity index is 1.82. The summed E-state index contributed by atoms with van der Waals surface area (Å²) in [6, 6.07) is 4.71. The number of halogens is 2.